The summed E-state index contributed by atoms with van der Waals surface area (Å²) in [5, 5.41) is 9.53. The van der Waals surface area contributed by atoms with Gasteiger partial charge in [-0.05, 0) is 23.5 Å². The molecule has 0 saturated heterocycles. The first kappa shape index (κ1) is 11.8. The Balaban J connectivity index is 2.40. The summed E-state index contributed by atoms with van der Waals surface area (Å²) in [4.78, 5) is 2.84. The predicted octanol–water partition coefficient (Wildman–Crippen LogP) is 3.99. The molecule has 17 heavy (non-hydrogen) atoms. The molecule has 0 aliphatic carbocycles. The average molecular weight is 229 g/mol. The Bertz CT molecular complexity index is 515. The molecule has 0 saturated carbocycles. The van der Waals surface area contributed by atoms with E-state index in [4.69, 9.17) is 0 Å². The van der Waals surface area contributed by atoms with Crippen LogP contribution >= 0.6 is 0 Å². The minimum atomic E-state index is 0.174. The maximum Gasteiger partial charge on any atom is 0.191 e. The first-order valence-corrected chi connectivity index (χ1v) is 5.87. The third-order valence-electron chi connectivity index (χ3n) is 3.17. The summed E-state index contributed by atoms with van der Waals surface area (Å²) >= 11 is 0. The Kier molecular flexibility index (Phi) is 2.74. The molecule has 0 bridgehead atoms. The zero-order chi connectivity index (χ0) is 12.6. The normalized spacial score (nSPS) is 11.8. The van der Waals surface area contributed by atoms with Crippen LogP contribution in [0, 0.1) is 6.92 Å². The summed E-state index contributed by atoms with van der Waals surface area (Å²) < 4.78 is 0. The molecule has 0 aliphatic heterocycles. The molecule has 0 radical (unpaired) electrons. The van der Waals surface area contributed by atoms with Crippen LogP contribution in [0.3, 0.4) is 0 Å². The highest BCUT2D eigenvalue weighted by Gasteiger charge is 2.14. The van der Waals surface area contributed by atoms with Gasteiger partial charge < -0.3 is 10.1 Å². The van der Waals surface area contributed by atoms with E-state index in [1.807, 2.05) is 13.1 Å². The number of hydrogen-bond donors (Lipinski definition) is 2. The van der Waals surface area contributed by atoms with Crippen molar-refractivity contribution in [1.82, 2.24) is 4.98 Å². The Morgan fingerprint density at radius 2 is 1.65 bits per heavy atom. The molecule has 2 heteroatoms. The van der Waals surface area contributed by atoms with Crippen LogP contribution in [-0.2, 0) is 5.41 Å². The molecule has 0 aliphatic rings. The summed E-state index contributed by atoms with van der Waals surface area (Å²) in [5.74, 6) is 0.250. The van der Waals surface area contributed by atoms with Gasteiger partial charge >= 0.3 is 0 Å². The highest BCUT2D eigenvalue weighted by Crippen LogP contribution is 2.30. The van der Waals surface area contributed by atoms with E-state index in [0.717, 1.165) is 16.7 Å². The molecule has 0 atom stereocenters. The van der Waals surface area contributed by atoms with Crippen LogP contribution in [0.1, 0.15) is 31.9 Å². The average Bonchev–Trinajstić information content (AvgIpc) is 2.59. The maximum absolute atomic E-state index is 9.53. The van der Waals surface area contributed by atoms with Crippen LogP contribution in [-0.4, -0.2) is 10.1 Å². The number of nitrogens with one attached hydrogen (secondary N) is 1. The fourth-order valence-corrected chi connectivity index (χ4v) is 1.93. The van der Waals surface area contributed by atoms with E-state index < -0.39 is 0 Å². The standard InChI is InChI=1S/C15H19NO/c1-10-13(9-16-14(10)17)11-5-7-12(8-6-11)15(2,3)4/h5-9,16-17H,1-4H3. The van der Waals surface area contributed by atoms with Crippen LogP contribution in [0.4, 0.5) is 0 Å². The van der Waals surface area contributed by atoms with Crippen molar-refractivity contribution in [3.8, 4) is 17.0 Å². The number of benzene rings is 1. The van der Waals surface area contributed by atoms with Crippen molar-refractivity contribution in [2.24, 2.45) is 0 Å². The number of aromatic nitrogens is 1. The van der Waals surface area contributed by atoms with Crippen LogP contribution in [0.5, 0.6) is 5.88 Å². The van der Waals surface area contributed by atoms with Crippen molar-refractivity contribution < 1.29 is 5.11 Å². The molecule has 90 valence electrons. The lowest BCUT2D eigenvalue weighted by molar-refractivity contribution is 0.453. The lowest BCUT2D eigenvalue weighted by Crippen LogP contribution is -2.10. The van der Waals surface area contributed by atoms with Crippen LogP contribution in [0.25, 0.3) is 11.1 Å². The fourth-order valence-electron chi connectivity index (χ4n) is 1.93. The predicted molar refractivity (Wildman–Crippen MR) is 71.3 cm³/mol. The Hall–Kier alpha value is -1.70. The second-order valence-corrected chi connectivity index (χ2v) is 5.50. The van der Waals surface area contributed by atoms with Gasteiger partial charge in [0.2, 0.25) is 0 Å². The third-order valence-corrected chi connectivity index (χ3v) is 3.17. The molecule has 0 fully saturated rings. The second-order valence-electron chi connectivity index (χ2n) is 5.50. The van der Waals surface area contributed by atoms with Crippen molar-refractivity contribution in [3.05, 3.63) is 41.6 Å². The SMILES string of the molecule is Cc1c(-c2ccc(C(C)(C)C)cc2)c[nH]c1O. The minimum absolute atomic E-state index is 0.174. The van der Waals surface area contributed by atoms with Gasteiger partial charge in [-0.15, -0.1) is 0 Å². The van der Waals surface area contributed by atoms with Crippen molar-refractivity contribution >= 4 is 0 Å². The van der Waals surface area contributed by atoms with Gasteiger partial charge in [0.15, 0.2) is 5.88 Å². The lowest BCUT2D eigenvalue weighted by atomic mass is 9.86. The van der Waals surface area contributed by atoms with E-state index in [0.29, 0.717) is 0 Å². The molecule has 1 aromatic heterocycles. The molecular weight excluding hydrogens is 210 g/mol. The molecule has 0 amide bonds. The first-order chi connectivity index (χ1) is 7.89. The van der Waals surface area contributed by atoms with Gasteiger partial charge in [0.1, 0.15) is 0 Å². The van der Waals surface area contributed by atoms with Gasteiger partial charge in [-0.3, -0.25) is 0 Å². The smallest absolute Gasteiger partial charge is 0.191 e. The number of aromatic hydroxyl groups is 1. The van der Waals surface area contributed by atoms with E-state index >= 15 is 0 Å². The monoisotopic (exact) mass is 229 g/mol. The van der Waals surface area contributed by atoms with Crippen molar-refractivity contribution in [2.45, 2.75) is 33.1 Å². The van der Waals surface area contributed by atoms with Crippen molar-refractivity contribution in [2.75, 3.05) is 0 Å². The van der Waals surface area contributed by atoms with Crippen LogP contribution in [0.15, 0.2) is 30.5 Å². The second kappa shape index (κ2) is 3.95. The van der Waals surface area contributed by atoms with Gasteiger partial charge in [-0.1, -0.05) is 45.0 Å². The van der Waals surface area contributed by atoms with Crippen LogP contribution < -0.4 is 0 Å². The molecule has 1 heterocycles. The van der Waals surface area contributed by atoms with E-state index in [2.05, 4.69) is 50.0 Å². The summed E-state index contributed by atoms with van der Waals surface area (Å²) in [6.45, 7) is 8.53. The highest BCUT2D eigenvalue weighted by atomic mass is 16.3. The molecule has 2 rings (SSSR count). The van der Waals surface area contributed by atoms with Gasteiger partial charge in [-0.2, -0.15) is 0 Å². The van der Waals surface area contributed by atoms with Gasteiger partial charge in [-0.25, -0.2) is 0 Å². The highest BCUT2D eigenvalue weighted by molar-refractivity contribution is 5.69. The molecule has 0 spiro atoms. The van der Waals surface area contributed by atoms with E-state index in [9.17, 15) is 5.11 Å². The molecule has 2 nitrogen and oxygen atoms in total. The van der Waals surface area contributed by atoms with Gasteiger partial charge in [0.25, 0.3) is 0 Å². The fraction of sp³-hybridized carbons (Fsp3) is 0.333. The quantitative estimate of drug-likeness (QED) is 0.762. The van der Waals surface area contributed by atoms with E-state index in [-0.39, 0.29) is 11.3 Å². The van der Waals surface area contributed by atoms with Crippen molar-refractivity contribution in [3.63, 3.8) is 0 Å². The summed E-state index contributed by atoms with van der Waals surface area (Å²) in [6, 6.07) is 8.52. The van der Waals surface area contributed by atoms with Gasteiger partial charge in [0.05, 0.1) is 0 Å². The summed E-state index contributed by atoms with van der Waals surface area (Å²) in [6.07, 6.45) is 1.84. The topological polar surface area (TPSA) is 36.0 Å². The van der Waals surface area contributed by atoms with Crippen LogP contribution in [0.2, 0.25) is 0 Å². The third kappa shape index (κ3) is 2.21. The Labute approximate surface area is 102 Å². The molecule has 0 unspecified atom stereocenters. The Morgan fingerprint density at radius 3 is 2.06 bits per heavy atom. The molecule has 2 N–H and O–H groups in total. The zero-order valence-electron chi connectivity index (χ0n) is 10.8. The number of hydrogen-bond acceptors (Lipinski definition) is 1. The number of H-pyrrole nitrogens is 1. The summed E-state index contributed by atoms with van der Waals surface area (Å²) in [7, 11) is 0. The maximum atomic E-state index is 9.53. The molecule has 2 aromatic rings. The minimum Gasteiger partial charge on any atom is -0.494 e. The number of rotatable bonds is 1. The first-order valence-electron chi connectivity index (χ1n) is 5.87. The number of aromatic amines is 1. The zero-order valence-corrected chi connectivity index (χ0v) is 10.8. The Morgan fingerprint density at radius 1 is 1.06 bits per heavy atom. The summed E-state index contributed by atoms with van der Waals surface area (Å²) in [5.41, 5.74) is 4.58. The molecule has 1 aromatic carbocycles. The molecular formula is C15H19NO. The van der Waals surface area contributed by atoms with Gasteiger partial charge in [0, 0.05) is 17.3 Å². The lowest BCUT2D eigenvalue weighted by Gasteiger charge is -2.19. The largest absolute Gasteiger partial charge is 0.494 e. The van der Waals surface area contributed by atoms with E-state index in [1.54, 1.807) is 0 Å². The van der Waals surface area contributed by atoms with E-state index in [1.165, 1.54) is 5.56 Å². The van der Waals surface area contributed by atoms with Crippen molar-refractivity contribution in [1.29, 1.82) is 0 Å².